The number of Topliss-reactive ketones (excluding diaryl/α,β-unsaturated/α-hetero) is 1. The summed E-state index contributed by atoms with van der Waals surface area (Å²) in [6.45, 7) is 0. The van der Waals surface area contributed by atoms with Gasteiger partial charge < -0.3 is 4.74 Å². The van der Waals surface area contributed by atoms with Gasteiger partial charge in [-0.3, -0.25) is 9.59 Å². The summed E-state index contributed by atoms with van der Waals surface area (Å²) in [5, 5.41) is 9.76. The van der Waals surface area contributed by atoms with Crippen LogP contribution < -0.4 is 0 Å². The van der Waals surface area contributed by atoms with E-state index in [1.54, 1.807) is 0 Å². The normalized spacial score (nSPS) is 25.2. The number of benzene rings is 1. The van der Waals surface area contributed by atoms with Gasteiger partial charge in [0.25, 0.3) is 0 Å². The first-order valence-electron chi connectivity index (χ1n) is 6.41. The van der Waals surface area contributed by atoms with Gasteiger partial charge in [0.1, 0.15) is 17.5 Å². The molecule has 1 aromatic carbocycles. The van der Waals surface area contributed by atoms with Crippen LogP contribution >= 0.6 is 11.6 Å². The molecule has 0 N–H and O–H groups in total. The number of hydrogen-bond acceptors (Lipinski definition) is 4. The van der Waals surface area contributed by atoms with E-state index in [2.05, 4.69) is 10.8 Å². The molecule has 1 aliphatic carbocycles. The Morgan fingerprint density at radius 1 is 1.57 bits per heavy atom. The molecule has 0 bridgehead atoms. The number of carbonyl (C=O) groups is 2. The second-order valence-electron chi connectivity index (χ2n) is 5.06. The van der Waals surface area contributed by atoms with Gasteiger partial charge in [-0.1, -0.05) is 17.7 Å². The molecule has 1 saturated carbocycles. The molecule has 2 atom stereocenters. The number of esters is 1. The van der Waals surface area contributed by atoms with Crippen LogP contribution in [0, 0.1) is 23.1 Å². The molecule has 4 nitrogen and oxygen atoms in total. The van der Waals surface area contributed by atoms with E-state index < -0.39 is 23.1 Å². The van der Waals surface area contributed by atoms with Crippen LogP contribution in [0.3, 0.4) is 0 Å². The van der Waals surface area contributed by atoms with Crippen LogP contribution in [0.1, 0.15) is 24.8 Å². The minimum absolute atomic E-state index is 0.0371. The standard InChI is InChI=1S/C15H13ClFNO3/c1-21-14(20)10-7-15(8-18,5-4-13(10)19)11-3-2-9(16)6-12(11)17/h2-3,6,10H,4-5,7H2,1H3. The average molecular weight is 310 g/mol. The van der Waals surface area contributed by atoms with Crippen molar-refractivity contribution in [2.45, 2.75) is 24.7 Å². The van der Waals surface area contributed by atoms with Crippen LogP contribution in [-0.2, 0) is 19.7 Å². The number of methoxy groups -OCH3 is 1. The third-order valence-electron chi connectivity index (χ3n) is 3.89. The van der Waals surface area contributed by atoms with Gasteiger partial charge in [-0.05, 0) is 25.0 Å². The van der Waals surface area contributed by atoms with Crippen molar-refractivity contribution in [2.24, 2.45) is 5.92 Å². The lowest BCUT2D eigenvalue weighted by Gasteiger charge is -2.34. The zero-order valence-corrected chi connectivity index (χ0v) is 12.1. The topological polar surface area (TPSA) is 67.2 Å². The fourth-order valence-electron chi connectivity index (χ4n) is 2.72. The fraction of sp³-hybridized carbons (Fsp3) is 0.400. The van der Waals surface area contributed by atoms with E-state index in [1.165, 1.54) is 19.2 Å². The quantitative estimate of drug-likeness (QED) is 0.622. The van der Waals surface area contributed by atoms with Crippen LogP contribution in [0.2, 0.25) is 5.02 Å². The van der Waals surface area contributed by atoms with Gasteiger partial charge in [-0.15, -0.1) is 0 Å². The summed E-state index contributed by atoms with van der Waals surface area (Å²) < 4.78 is 18.7. The Balaban J connectivity index is 2.45. The molecule has 6 heteroatoms. The lowest BCUT2D eigenvalue weighted by molar-refractivity contribution is -0.151. The molecule has 0 radical (unpaired) electrons. The predicted molar refractivity (Wildman–Crippen MR) is 73.1 cm³/mol. The molecule has 1 aliphatic rings. The maximum Gasteiger partial charge on any atom is 0.316 e. The largest absolute Gasteiger partial charge is 0.468 e. The Labute approximate surface area is 126 Å². The molecule has 1 fully saturated rings. The van der Waals surface area contributed by atoms with Crippen molar-refractivity contribution in [2.75, 3.05) is 7.11 Å². The van der Waals surface area contributed by atoms with Crippen molar-refractivity contribution in [1.29, 1.82) is 5.26 Å². The number of ketones is 1. The van der Waals surface area contributed by atoms with E-state index >= 15 is 0 Å². The molecular formula is C15H13ClFNO3. The Morgan fingerprint density at radius 2 is 2.29 bits per heavy atom. The molecule has 110 valence electrons. The summed E-state index contributed by atoms with van der Waals surface area (Å²) in [4.78, 5) is 23.5. The number of halogens is 2. The summed E-state index contributed by atoms with van der Waals surface area (Å²) in [5.74, 6) is -2.60. The highest BCUT2D eigenvalue weighted by molar-refractivity contribution is 6.30. The van der Waals surface area contributed by atoms with Gasteiger partial charge in [0.2, 0.25) is 0 Å². The number of rotatable bonds is 2. The summed E-state index contributed by atoms with van der Waals surface area (Å²) in [5.41, 5.74) is -1.06. The molecule has 2 unspecified atom stereocenters. The van der Waals surface area contributed by atoms with Crippen LogP contribution in [-0.4, -0.2) is 18.9 Å². The number of nitriles is 1. The molecule has 21 heavy (non-hydrogen) atoms. The smallest absolute Gasteiger partial charge is 0.316 e. The Hall–Kier alpha value is -1.93. The molecule has 0 aliphatic heterocycles. The van der Waals surface area contributed by atoms with Crippen molar-refractivity contribution in [1.82, 2.24) is 0 Å². The zero-order valence-electron chi connectivity index (χ0n) is 11.4. The lowest BCUT2D eigenvalue weighted by Crippen LogP contribution is -2.40. The zero-order chi connectivity index (χ0) is 15.6. The molecule has 0 saturated heterocycles. The maximum absolute atomic E-state index is 14.1. The first-order valence-corrected chi connectivity index (χ1v) is 6.78. The number of ether oxygens (including phenoxy) is 1. The molecule has 2 rings (SSSR count). The van der Waals surface area contributed by atoms with Gasteiger partial charge in [0, 0.05) is 17.0 Å². The third-order valence-corrected chi connectivity index (χ3v) is 4.12. The number of hydrogen-bond donors (Lipinski definition) is 0. The summed E-state index contributed by atoms with van der Waals surface area (Å²) in [6.07, 6.45) is 0.136. The second-order valence-corrected chi connectivity index (χ2v) is 5.50. The van der Waals surface area contributed by atoms with E-state index in [1.807, 2.05) is 0 Å². The second kappa shape index (κ2) is 5.82. The summed E-state index contributed by atoms with van der Waals surface area (Å²) in [6, 6.07) is 6.13. The maximum atomic E-state index is 14.1. The molecule has 0 spiro atoms. The first-order chi connectivity index (χ1) is 9.93. The highest BCUT2D eigenvalue weighted by Gasteiger charge is 2.46. The highest BCUT2D eigenvalue weighted by Crippen LogP contribution is 2.42. The Morgan fingerprint density at radius 3 is 2.86 bits per heavy atom. The molecule has 0 amide bonds. The molecule has 0 heterocycles. The average Bonchev–Trinajstić information content (AvgIpc) is 2.47. The van der Waals surface area contributed by atoms with Gasteiger partial charge in [0.15, 0.2) is 0 Å². The van der Waals surface area contributed by atoms with Crippen LogP contribution in [0.5, 0.6) is 0 Å². The SMILES string of the molecule is COC(=O)C1CC(C#N)(c2ccc(Cl)cc2F)CCC1=O. The van der Waals surface area contributed by atoms with Crippen LogP contribution in [0.4, 0.5) is 4.39 Å². The van der Waals surface area contributed by atoms with E-state index in [4.69, 9.17) is 11.6 Å². The summed E-state index contributed by atoms with van der Waals surface area (Å²) >= 11 is 5.72. The predicted octanol–water partition coefficient (Wildman–Crippen LogP) is 2.78. The number of nitrogens with zero attached hydrogens (tertiary/aromatic N) is 1. The monoisotopic (exact) mass is 309 g/mol. The van der Waals surface area contributed by atoms with Crippen molar-refractivity contribution in [3.05, 3.63) is 34.6 Å². The van der Waals surface area contributed by atoms with Gasteiger partial charge in [-0.25, -0.2) is 4.39 Å². The third kappa shape index (κ3) is 2.77. The number of carbonyl (C=O) groups excluding carboxylic acids is 2. The molecule has 1 aromatic rings. The highest BCUT2D eigenvalue weighted by atomic mass is 35.5. The first kappa shape index (κ1) is 15.5. The molecule has 0 aromatic heterocycles. The van der Waals surface area contributed by atoms with Crippen LogP contribution in [0.15, 0.2) is 18.2 Å². The fourth-order valence-corrected chi connectivity index (χ4v) is 2.87. The van der Waals surface area contributed by atoms with E-state index in [9.17, 15) is 19.2 Å². The lowest BCUT2D eigenvalue weighted by atomic mass is 9.66. The Bertz CT molecular complexity index is 632. The van der Waals surface area contributed by atoms with Crippen molar-refractivity contribution in [3.63, 3.8) is 0 Å². The van der Waals surface area contributed by atoms with Gasteiger partial charge in [0.05, 0.1) is 18.6 Å². The molecular weight excluding hydrogens is 297 g/mol. The van der Waals surface area contributed by atoms with Crippen molar-refractivity contribution >= 4 is 23.4 Å². The van der Waals surface area contributed by atoms with E-state index in [-0.39, 0.29) is 35.6 Å². The van der Waals surface area contributed by atoms with E-state index in [0.29, 0.717) is 0 Å². The minimum atomic E-state index is -1.22. The summed E-state index contributed by atoms with van der Waals surface area (Å²) in [7, 11) is 1.18. The van der Waals surface area contributed by atoms with E-state index in [0.717, 1.165) is 6.07 Å². The van der Waals surface area contributed by atoms with Crippen molar-refractivity contribution in [3.8, 4) is 6.07 Å². The van der Waals surface area contributed by atoms with Crippen molar-refractivity contribution < 1.29 is 18.7 Å². The van der Waals surface area contributed by atoms with Gasteiger partial charge in [-0.2, -0.15) is 5.26 Å². The minimum Gasteiger partial charge on any atom is -0.468 e. The Kier molecular flexibility index (Phi) is 4.29. The van der Waals surface area contributed by atoms with Gasteiger partial charge >= 0.3 is 5.97 Å². The van der Waals surface area contributed by atoms with Crippen LogP contribution in [0.25, 0.3) is 0 Å².